The van der Waals surface area contributed by atoms with Crippen molar-refractivity contribution in [3.8, 4) is 0 Å². The second-order valence-electron chi connectivity index (χ2n) is 9.11. The van der Waals surface area contributed by atoms with Crippen LogP contribution in [-0.2, 0) is 14.8 Å². The number of rotatable bonds is 6. The number of benzene rings is 2. The standard InChI is InChI=1S/C24H30N4O5S/c1-18-10-16-27(17-11-18)34(32,33)21-8-6-20(7-9-21)25-24(29)19-12-14-26(15-13-19)22-4-2-3-5-23(22)28(30)31/h2-9,18-19H,10-17H2,1H3,(H,25,29). The highest BCUT2D eigenvalue weighted by atomic mass is 32.2. The summed E-state index contributed by atoms with van der Waals surface area (Å²) in [5.41, 5.74) is 1.20. The van der Waals surface area contributed by atoms with Crippen molar-refractivity contribution in [3.63, 3.8) is 0 Å². The minimum atomic E-state index is -3.53. The molecule has 10 heteroatoms. The van der Waals surface area contributed by atoms with E-state index in [0.29, 0.717) is 56.3 Å². The first kappa shape index (κ1) is 24.2. The quantitative estimate of drug-likeness (QED) is 0.490. The van der Waals surface area contributed by atoms with Crippen LogP contribution in [-0.4, -0.2) is 49.7 Å². The molecule has 182 valence electrons. The Labute approximate surface area is 200 Å². The van der Waals surface area contributed by atoms with Gasteiger partial charge in [0.15, 0.2) is 0 Å². The van der Waals surface area contributed by atoms with E-state index in [4.69, 9.17) is 0 Å². The van der Waals surface area contributed by atoms with Gasteiger partial charge in [-0.25, -0.2) is 8.42 Å². The van der Waals surface area contributed by atoms with Crippen molar-refractivity contribution < 1.29 is 18.1 Å². The zero-order valence-electron chi connectivity index (χ0n) is 19.2. The van der Waals surface area contributed by atoms with Crippen LogP contribution in [0.2, 0.25) is 0 Å². The van der Waals surface area contributed by atoms with Crippen molar-refractivity contribution in [1.82, 2.24) is 4.31 Å². The second kappa shape index (κ2) is 10.1. The summed E-state index contributed by atoms with van der Waals surface area (Å²) in [5.74, 6) is 0.208. The Hall–Kier alpha value is -2.98. The Kier molecular flexibility index (Phi) is 7.18. The third-order valence-electron chi connectivity index (χ3n) is 6.79. The second-order valence-corrected chi connectivity index (χ2v) is 11.0. The number of amides is 1. The van der Waals surface area contributed by atoms with Gasteiger partial charge in [-0.3, -0.25) is 14.9 Å². The van der Waals surface area contributed by atoms with Crippen LogP contribution in [0.1, 0.15) is 32.6 Å². The van der Waals surface area contributed by atoms with E-state index in [1.807, 2.05) is 4.90 Å². The third kappa shape index (κ3) is 5.23. The van der Waals surface area contributed by atoms with Gasteiger partial charge in [-0.2, -0.15) is 4.31 Å². The number of nitro groups is 1. The van der Waals surface area contributed by atoms with Crippen LogP contribution in [0.15, 0.2) is 53.4 Å². The van der Waals surface area contributed by atoms with Crippen molar-refractivity contribution in [1.29, 1.82) is 0 Å². The number of carbonyl (C=O) groups is 1. The molecule has 0 atom stereocenters. The molecule has 0 aliphatic carbocycles. The highest BCUT2D eigenvalue weighted by molar-refractivity contribution is 7.89. The lowest BCUT2D eigenvalue weighted by Crippen LogP contribution is -2.38. The Morgan fingerprint density at radius 3 is 2.21 bits per heavy atom. The van der Waals surface area contributed by atoms with Gasteiger partial charge in [-0.05, 0) is 61.9 Å². The number of hydrogen-bond donors (Lipinski definition) is 1. The summed E-state index contributed by atoms with van der Waals surface area (Å²) in [6, 6.07) is 13.0. The fourth-order valence-corrected chi connectivity index (χ4v) is 6.07. The van der Waals surface area contributed by atoms with Crippen LogP contribution in [0.5, 0.6) is 0 Å². The molecule has 0 saturated carbocycles. The van der Waals surface area contributed by atoms with Crippen LogP contribution >= 0.6 is 0 Å². The number of nitrogens with one attached hydrogen (secondary N) is 1. The molecule has 2 heterocycles. The number of piperidine rings is 2. The van der Waals surface area contributed by atoms with Gasteiger partial charge in [0.05, 0.1) is 9.82 Å². The number of nitro benzene ring substituents is 1. The first-order chi connectivity index (χ1) is 16.3. The van der Waals surface area contributed by atoms with Gasteiger partial charge >= 0.3 is 0 Å². The van der Waals surface area contributed by atoms with Gasteiger partial charge in [0.25, 0.3) is 5.69 Å². The number of carbonyl (C=O) groups excluding carboxylic acids is 1. The van der Waals surface area contributed by atoms with E-state index in [-0.39, 0.29) is 27.3 Å². The lowest BCUT2D eigenvalue weighted by molar-refractivity contribution is -0.384. The van der Waals surface area contributed by atoms with Crippen LogP contribution in [0, 0.1) is 22.0 Å². The maximum absolute atomic E-state index is 12.9. The molecular formula is C24H30N4O5S. The van der Waals surface area contributed by atoms with Crippen LogP contribution in [0.25, 0.3) is 0 Å². The number of nitrogens with zero attached hydrogens (tertiary/aromatic N) is 3. The summed E-state index contributed by atoms with van der Waals surface area (Å²) in [6.45, 7) is 4.31. The predicted molar refractivity (Wildman–Crippen MR) is 130 cm³/mol. The molecule has 1 amide bonds. The van der Waals surface area contributed by atoms with Crippen LogP contribution in [0.3, 0.4) is 0 Å². The van der Waals surface area contributed by atoms with Crippen molar-refractivity contribution in [3.05, 3.63) is 58.6 Å². The first-order valence-electron chi connectivity index (χ1n) is 11.6. The van der Waals surface area contributed by atoms with Gasteiger partial charge in [0.1, 0.15) is 5.69 Å². The molecule has 34 heavy (non-hydrogen) atoms. The van der Waals surface area contributed by atoms with E-state index < -0.39 is 10.0 Å². The molecule has 0 radical (unpaired) electrons. The highest BCUT2D eigenvalue weighted by Gasteiger charge is 2.29. The first-order valence-corrected chi connectivity index (χ1v) is 13.1. The number of hydrogen-bond acceptors (Lipinski definition) is 6. The van der Waals surface area contributed by atoms with Gasteiger partial charge in [-0.15, -0.1) is 0 Å². The molecule has 2 saturated heterocycles. The van der Waals surface area contributed by atoms with Crippen LogP contribution in [0.4, 0.5) is 17.1 Å². The van der Waals surface area contributed by atoms with Crippen molar-refractivity contribution in [2.75, 3.05) is 36.4 Å². The number of para-hydroxylation sites is 2. The highest BCUT2D eigenvalue weighted by Crippen LogP contribution is 2.31. The maximum Gasteiger partial charge on any atom is 0.292 e. The molecule has 2 aromatic rings. The Morgan fingerprint density at radius 1 is 0.971 bits per heavy atom. The van der Waals surface area contributed by atoms with E-state index in [9.17, 15) is 23.3 Å². The smallest absolute Gasteiger partial charge is 0.292 e. The fraction of sp³-hybridized carbons (Fsp3) is 0.458. The third-order valence-corrected chi connectivity index (χ3v) is 8.70. The average molecular weight is 487 g/mol. The monoisotopic (exact) mass is 486 g/mol. The summed E-state index contributed by atoms with van der Waals surface area (Å²) in [6.07, 6.45) is 2.89. The lowest BCUT2D eigenvalue weighted by Gasteiger charge is -2.32. The largest absolute Gasteiger partial charge is 0.366 e. The summed E-state index contributed by atoms with van der Waals surface area (Å²) < 4.78 is 27.3. The molecule has 2 fully saturated rings. The number of sulfonamides is 1. The van der Waals surface area contributed by atoms with E-state index >= 15 is 0 Å². The zero-order chi connectivity index (χ0) is 24.3. The van der Waals surface area contributed by atoms with Gasteiger partial charge in [-0.1, -0.05) is 19.1 Å². The summed E-state index contributed by atoms with van der Waals surface area (Å²) in [7, 11) is -3.53. The number of anilines is 2. The molecule has 2 aliphatic rings. The topological polar surface area (TPSA) is 113 Å². The molecule has 0 aromatic heterocycles. The summed E-state index contributed by atoms with van der Waals surface area (Å²) >= 11 is 0. The van der Waals surface area contributed by atoms with E-state index in [0.717, 1.165) is 12.8 Å². The Bertz CT molecular complexity index is 1140. The molecule has 4 rings (SSSR count). The summed E-state index contributed by atoms with van der Waals surface area (Å²) in [5, 5.41) is 14.2. The predicted octanol–water partition coefficient (Wildman–Crippen LogP) is 3.87. The van der Waals surface area contributed by atoms with Gasteiger partial charge in [0, 0.05) is 43.9 Å². The molecule has 1 N–H and O–H groups in total. The molecule has 2 aliphatic heterocycles. The normalized spacial score (nSPS) is 18.6. The van der Waals surface area contributed by atoms with Gasteiger partial charge in [0.2, 0.25) is 15.9 Å². The molecule has 9 nitrogen and oxygen atoms in total. The van der Waals surface area contributed by atoms with E-state index in [1.54, 1.807) is 42.5 Å². The van der Waals surface area contributed by atoms with E-state index in [2.05, 4.69) is 12.2 Å². The van der Waals surface area contributed by atoms with Crippen molar-refractivity contribution in [2.45, 2.75) is 37.5 Å². The Balaban J connectivity index is 1.34. The minimum absolute atomic E-state index is 0.0690. The van der Waals surface area contributed by atoms with Gasteiger partial charge < -0.3 is 10.2 Å². The van der Waals surface area contributed by atoms with Crippen molar-refractivity contribution in [2.24, 2.45) is 11.8 Å². The minimum Gasteiger partial charge on any atom is -0.366 e. The average Bonchev–Trinajstić information content (AvgIpc) is 2.84. The van der Waals surface area contributed by atoms with Crippen LogP contribution < -0.4 is 10.2 Å². The maximum atomic E-state index is 12.9. The van der Waals surface area contributed by atoms with Crippen molar-refractivity contribution >= 4 is 33.0 Å². The molecule has 0 unspecified atom stereocenters. The SMILES string of the molecule is CC1CCN(S(=O)(=O)c2ccc(NC(=O)C3CCN(c4ccccc4[N+](=O)[O-])CC3)cc2)CC1. The zero-order valence-corrected chi connectivity index (χ0v) is 20.0. The molecule has 2 aromatic carbocycles. The molecular weight excluding hydrogens is 456 g/mol. The summed E-state index contributed by atoms with van der Waals surface area (Å²) in [4.78, 5) is 25.9. The lowest BCUT2D eigenvalue weighted by atomic mass is 9.95. The Morgan fingerprint density at radius 2 is 1.59 bits per heavy atom. The fourth-order valence-electron chi connectivity index (χ4n) is 4.60. The van der Waals surface area contributed by atoms with E-state index in [1.165, 1.54) is 10.4 Å². The molecule has 0 spiro atoms. The molecule has 0 bridgehead atoms.